The smallest absolute Gasteiger partial charge is 0.387 e. The van der Waals surface area contributed by atoms with E-state index >= 15 is 0 Å². The van der Waals surface area contributed by atoms with Gasteiger partial charge in [-0.05, 0) is 38.3 Å². The van der Waals surface area contributed by atoms with E-state index in [9.17, 15) is 8.78 Å². The molecule has 0 radical (unpaired) electrons. The van der Waals surface area contributed by atoms with Crippen LogP contribution in [0.5, 0.6) is 5.75 Å². The van der Waals surface area contributed by atoms with Crippen LogP contribution in [0.25, 0.3) is 0 Å². The van der Waals surface area contributed by atoms with Crippen molar-refractivity contribution in [2.45, 2.75) is 45.3 Å². The summed E-state index contributed by atoms with van der Waals surface area (Å²) in [5, 5.41) is 3.43. The predicted octanol–water partition coefficient (Wildman–Crippen LogP) is 4.13. The van der Waals surface area contributed by atoms with Crippen molar-refractivity contribution in [3.8, 4) is 5.75 Å². The molecule has 106 valence electrons. The molecule has 4 heteroatoms. The number of benzene rings is 1. The number of hydrogen-bond donors (Lipinski definition) is 1. The molecule has 0 aromatic heterocycles. The van der Waals surface area contributed by atoms with Crippen LogP contribution in [0.1, 0.15) is 44.2 Å². The molecule has 0 spiro atoms. The number of nitrogens with one attached hydrogen (secondary N) is 1. The predicted molar refractivity (Wildman–Crippen MR) is 71.4 cm³/mol. The third-order valence-electron chi connectivity index (χ3n) is 3.79. The molecule has 1 aromatic carbocycles. The maximum atomic E-state index is 12.4. The molecule has 0 amide bonds. The zero-order chi connectivity index (χ0) is 13.7. The molecule has 1 aromatic rings. The quantitative estimate of drug-likeness (QED) is 0.838. The summed E-state index contributed by atoms with van der Waals surface area (Å²) in [4.78, 5) is 0. The Hall–Kier alpha value is -1.16. The maximum absolute atomic E-state index is 12.4. The number of halogens is 2. The second kappa shape index (κ2) is 6.85. The molecule has 1 saturated carbocycles. The van der Waals surface area contributed by atoms with E-state index in [0.717, 1.165) is 18.0 Å². The van der Waals surface area contributed by atoms with Crippen molar-refractivity contribution in [3.05, 3.63) is 29.8 Å². The molecule has 1 atom stereocenters. The van der Waals surface area contributed by atoms with E-state index in [1.807, 2.05) is 19.1 Å². The van der Waals surface area contributed by atoms with Crippen LogP contribution in [-0.2, 0) is 0 Å². The van der Waals surface area contributed by atoms with Crippen molar-refractivity contribution in [1.82, 2.24) is 5.32 Å². The van der Waals surface area contributed by atoms with Crippen molar-refractivity contribution >= 4 is 0 Å². The zero-order valence-electron chi connectivity index (χ0n) is 11.2. The molecule has 1 aliphatic rings. The molecule has 19 heavy (non-hydrogen) atoms. The lowest BCUT2D eigenvalue weighted by Gasteiger charge is -2.20. The van der Waals surface area contributed by atoms with E-state index in [0.29, 0.717) is 0 Å². The third kappa shape index (κ3) is 4.16. The van der Waals surface area contributed by atoms with Crippen LogP contribution in [0.3, 0.4) is 0 Å². The summed E-state index contributed by atoms with van der Waals surface area (Å²) >= 11 is 0. The Balaban J connectivity index is 1.95. The molecular formula is C15H21F2NO. The van der Waals surface area contributed by atoms with Crippen molar-refractivity contribution < 1.29 is 13.5 Å². The van der Waals surface area contributed by atoms with Crippen LogP contribution in [0.4, 0.5) is 8.78 Å². The Labute approximate surface area is 113 Å². The normalized spacial score (nSPS) is 17.9. The van der Waals surface area contributed by atoms with Gasteiger partial charge < -0.3 is 10.1 Å². The Bertz CT molecular complexity index is 391. The first-order valence-corrected chi connectivity index (χ1v) is 6.94. The van der Waals surface area contributed by atoms with Gasteiger partial charge in [-0.2, -0.15) is 8.78 Å². The minimum absolute atomic E-state index is 0.0237. The van der Waals surface area contributed by atoms with Gasteiger partial charge in [0.15, 0.2) is 0 Å². The molecule has 0 aliphatic heterocycles. The van der Waals surface area contributed by atoms with Crippen molar-refractivity contribution in [3.63, 3.8) is 0 Å². The summed E-state index contributed by atoms with van der Waals surface area (Å²) in [5.41, 5.74) is 0.792. The monoisotopic (exact) mass is 269 g/mol. The molecule has 0 bridgehead atoms. The van der Waals surface area contributed by atoms with Gasteiger partial charge in [0.05, 0.1) is 0 Å². The maximum Gasteiger partial charge on any atom is 0.387 e. The summed E-state index contributed by atoms with van der Waals surface area (Å²) < 4.78 is 29.3. The molecule has 2 rings (SSSR count). The molecule has 0 saturated heterocycles. The van der Waals surface area contributed by atoms with Crippen LogP contribution >= 0.6 is 0 Å². The van der Waals surface area contributed by atoms with E-state index in [-0.39, 0.29) is 11.8 Å². The van der Waals surface area contributed by atoms with E-state index in [2.05, 4.69) is 10.1 Å². The molecule has 1 fully saturated rings. The van der Waals surface area contributed by atoms with Gasteiger partial charge in [-0.15, -0.1) is 0 Å². The lowest BCUT2D eigenvalue weighted by Crippen LogP contribution is -2.25. The van der Waals surface area contributed by atoms with Crippen molar-refractivity contribution in [2.75, 3.05) is 6.54 Å². The molecule has 1 N–H and O–H groups in total. The highest BCUT2D eigenvalue weighted by atomic mass is 19.3. The Morgan fingerprint density at radius 3 is 2.63 bits per heavy atom. The van der Waals surface area contributed by atoms with Crippen LogP contribution in [0.2, 0.25) is 0 Å². The SMILES string of the molecule is CC(NCC1CCCC1)c1ccccc1OC(F)F. The van der Waals surface area contributed by atoms with Crippen molar-refractivity contribution in [1.29, 1.82) is 0 Å². The zero-order valence-corrected chi connectivity index (χ0v) is 11.2. The fourth-order valence-corrected chi connectivity index (χ4v) is 2.71. The Kier molecular flexibility index (Phi) is 5.14. The van der Waals surface area contributed by atoms with Gasteiger partial charge in [-0.3, -0.25) is 0 Å². The van der Waals surface area contributed by atoms with Gasteiger partial charge in [-0.25, -0.2) is 0 Å². The minimum Gasteiger partial charge on any atom is -0.434 e. The number of rotatable bonds is 6. The fourth-order valence-electron chi connectivity index (χ4n) is 2.71. The van der Waals surface area contributed by atoms with Gasteiger partial charge in [0.2, 0.25) is 0 Å². The second-order valence-corrected chi connectivity index (χ2v) is 5.20. The average molecular weight is 269 g/mol. The lowest BCUT2D eigenvalue weighted by atomic mass is 10.0. The molecule has 1 unspecified atom stereocenters. The van der Waals surface area contributed by atoms with Gasteiger partial charge in [-0.1, -0.05) is 31.0 Å². The lowest BCUT2D eigenvalue weighted by molar-refractivity contribution is -0.0506. The first-order valence-electron chi connectivity index (χ1n) is 6.94. The first-order chi connectivity index (χ1) is 9.16. The van der Waals surface area contributed by atoms with Crippen LogP contribution < -0.4 is 10.1 Å². The highest BCUT2D eigenvalue weighted by molar-refractivity contribution is 5.35. The summed E-state index contributed by atoms with van der Waals surface area (Å²) in [6.07, 6.45) is 5.17. The minimum atomic E-state index is -2.77. The summed E-state index contributed by atoms with van der Waals surface area (Å²) in [7, 11) is 0. The Morgan fingerprint density at radius 2 is 1.95 bits per heavy atom. The standard InChI is InChI=1S/C15H21F2NO/c1-11(18-10-12-6-2-3-7-12)13-8-4-5-9-14(13)19-15(16)17/h4-5,8-9,11-12,15,18H,2-3,6-7,10H2,1H3. The van der Waals surface area contributed by atoms with E-state index in [4.69, 9.17) is 0 Å². The molecular weight excluding hydrogens is 248 g/mol. The van der Waals surface area contributed by atoms with Crippen LogP contribution in [0.15, 0.2) is 24.3 Å². The van der Waals surface area contributed by atoms with Gasteiger partial charge in [0.1, 0.15) is 5.75 Å². The number of alkyl halides is 2. The van der Waals surface area contributed by atoms with Gasteiger partial charge >= 0.3 is 6.61 Å². The first kappa shape index (κ1) is 14.3. The topological polar surface area (TPSA) is 21.3 Å². The van der Waals surface area contributed by atoms with E-state index in [1.54, 1.807) is 12.1 Å². The van der Waals surface area contributed by atoms with Gasteiger partial charge in [0, 0.05) is 11.6 Å². The van der Waals surface area contributed by atoms with E-state index in [1.165, 1.54) is 25.7 Å². The summed E-state index contributed by atoms with van der Waals surface area (Å²) in [6.45, 7) is 0.162. The molecule has 1 aliphatic carbocycles. The number of ether oxygens (including phenoxy) is 1. The van der Waals surface area contributed by atoms with Gasteiger partial charge in [0.25, 0.3) is 0 Å². The van der Waals surface area contributed by atoms with Crippen LogP contribution in [-0.4, -0.2) is 13.2 Å². The summed E-state index contributed by atoms with van der Waals surface area (Å²) in [6, 6.07) is 7.02. The fraction of sp³-hybridized carbons (Fsp3) is 0.600. The van der Waals surface area contributed by atoms with E-state index < -0.39 is 6.61 Å². The van der Waals surface area contributed by atoms with Crippen LogP contribution in [0, 0.1) is 5.92 Å². The summed E-state index contributed by atoms with van der Waals surface area (Å²) in [5.74, 6) is 0.995. The average Bonchev–Trinajstić information content (AvgIpc) is 2.89. The van der Waals surface area contributed by atoms with Crippen molar-refractivity contribution in [2.24, 2.45) is 5.92 Å². The highest BCUT2D eigenvalue weighted by Crippen LogP contribution is 2.28. The Morgan fingerprint density at radius 1 is 1.26 bits per heavy atom. The second-order valence-electron chi connectivity index (χ2n) is 5.20. The number of para-hydroxylation sites is 1. The third-order valence-corrected chi connectivity index (χ3v) is 3.79. The molecule has 0 heterocycles. The molecule has 2 nitrogen and oxygen atoms in total. The largest absolute Gasteiger partial charge is 0.434 e. The highest BCUT2D eigenvalue weighted by Gasteiger charge is 2.18. The number of hydrogen-bond acceptors (Lipinski definition) is 2.